The minimum Gasteiger partial charge on any atom is -0.366 e. The van der Waals surface area contributed by atoms with E-state index in [1.807, 2.05) is 12.3 Å². The van der Waals surface area contributed by atoms with E-state index in [0.717, 1.165) is 12.2 Å². The fraction of sp³-hybridized carbons (Fsp3) is 0.583. The molecule has 2 N–H and O–H groups in total. The Morgan fingerprint density at radius 3 is 2.94 bits per heavy atom. The molecule has 1 aromatic rings. The highest BCUT2D eigenvalue weighted by molar-refractivity contribution is 8.00. The molecule has 0 aromatic carbocycles. The van der Waals surface area contributed by atoms with E-state index < -0.39 is 0 Å². The first-order valence-electron chi connectivity index (χ1n) is 5.75. The van der Waals surface area contributed by atoms with E-state index in [2.05, 4.69) is 41.6 Å². The van der Waals surface area contributed by atoms with Crippen LogP contribution in [0.15, 0.2) is 18.3 Å². The number of rotatable bonds is 2. The number of aromatic nitrogens is 1. The SMILES string of the molecule is CC1SCCN(c2ccc(CN)nc2)C1C. The van der Waals surface area contributed by atoms with Crippen LogP contribution in [0, 0.1) is 0 Å². The van der Waals surface area contributed by atoms with Gasteiger partial charge in [0.2, 0.25) is 0 Å². The van der Waals surface area contributed by atoms with Gasteiger partial charge in [-0.3, -0.25) is 4.98 Å². The van der Waals surface area contributed by atoms with Gasteiger partial charge in [-0.25, -0.2) is 0 Å². The van der Waals surface area contributed by atoms with E-state index in [0.29, 0.717) is 17.8 Å². The van der Waals surface area contributed by atoms with Crippen molar-refractivity contribution in [1.29, 1.82) is 0 Å². The number of pyridine rings is 1. The average Bonchev–Trinajstić information content (AvgIpc) is 2.33. The quantitative estimate of drug-likeness (QED) is 0.852. The van der Waals surface area contributed by atoms with Crippen molar-refractivity contribution >= 4 is 17.4 Å². The topological polar surface area (TPSA) is 42.1 Å². The van der Waals surface area contributed by atoms with Crippen molar-refractivity contribution < 1.29 is 0 Å². The second-order valence-electron chi connectivity index (χ2n) is 4.22. The van der Waals surface area contributed by atoms with Crippen molar-refractivity contribution in [1.82, 2.24) is 4.98 Å². The Kier molecular flexibility index (Phi) is 3.71. The first-order chi connectivity index (χ1) is 7.72. The summed E-state index contributed by atoms with van der Waals surface area (Å²) in [6.45, 7) is 6.21. The predicted molar refractivity (Wildman–Crippen MR) is 70.9 cm³/mol. The molecule has 2 atom stereocenters. The molecule has 0 saturated carbocycles. The van der Waals surface area contributed by atoms with E-state index in [1.54, 1.807) is 0 Å². The van der Waals surface area contributed by atoms with E-state index in [1.165, 1.54) is 11.4 Å². The van der Waals surface area contributed by atoms with E-state index in [-0.39, 0.29) is 0 Å². The van der Waals surface area contributed by atoms with Crippen molar-refractivity contribution in [3.8, 4) is 0 Å². The lowest BCUT2D eigenvalue weighted by molar-refractivity contribution is 0.626. The Balaban J connectivity index is 2.15. The lowest BCUT2D eigenvalue weighted by atomic mass is 10.2. The molecule has 0 amide bonds. The summed E-state index contributed by atoms with van der Waals surface area (Å²) in [6, 6.07) is 4.73. The Hall–Kier alpha value is -0.740. The summed E-state index contributed by atoms with van der Waals surface area (Å²) in [5.41, 5.74) is 7.72. The number of hydrogen-bond donors (Lipinski definition) is 1. The molecule has 16 heavy (non-hydrogen) atoms. The molecule has 2 heterocycles. The number of hydrogen-bond acceptors (Lipinski definition) is 4. The maximum atomic E-state index is 5.55. The molecule has 1 aliphatic rings. The van der Waals surface area contributed by atoms with E-state index >= 15 is 0 Å². The number of thioether (sulfide) groups is 1. The molecule has 0 spiro atoms. The van der Waals surface area contributed by atoms with Crippen molar-refractivity contribution in [3.05, 3.63) is 24.0 Å². The highest BCUT2D eigenvalue weighted by Gasteiger charge is 2.25. The molecule has 1 fully saturated rings. The summed E-state index contributed by atoms with van der Waals surface area (Å²) in [5, 5.41) is 0.683. The van der Waals surface area contributed by atoms with Crippen LogP contribution in [0.2, 0.25) is 0 Å². The zero-order chi connectivity index (χ0) is 11.5. The van der Waals surface area contributed by atoms with Crippen LogP contribution in [0.4, 0.5) is 5.69 Å². The predicted octanol–water partition coefficient (Wildman–Crippen LogP) is 1.87. The van der Waals surface area contributed by atoms with E-state index in [9.17, 15) is 0 Å². The van der Waals surface area contributed by atoms with Gasteiger partial charge in [0.15, 0.2) is 0 Å². The Bertz CT molecular complexity index is 339. The Morgan fingerprint density at radius 1 is 1.50 bits per heavy atom. The maximum absolute atomic E-state index is 5.55. The van der Waals surface area contributed by atoms with Crippen LogP contribution in [0.5, 0.6) is 0 Å². The molecule has 1 saturated heterocycles. The molecular weight excluding hydrogens is 218 g/mol. The van der Waals surface area contributed by atoms with Gasteiger partial charge in [0.25, 0.3) is 0 Å². The van der Waals surface area contributed by atoms with Gasteiger partial charge in [0.05, 0.1) is 17.6 Å². The van der Waals surface area contributed by atoms with Gasteiger partial charge < -0.3 is 10.6 Å². The Morgan fingerprint density at radius 2 is 2.31 bits per heavy atom. The summed E-state index contributed by atoms with van der Waals surface area (Å²) >= 11 is 2.05. The van der Waals surface area contributed by atoms with Gasteiger partial charge in [-0.15, -0.1) is 0 Å². The summed E-state index contributed by atoms with van der Waals surface area (Å²) in [7, 11) is 0. The standard InChI is InChI=1S/C12H19N3S/c1-9-10(2)16-6-5-15(9)12-4-3-11(7-13)14-8-12/h3-4,8-10H,5-7,13H2,1-2H3. The first kappa shape index (κ1) is 11.7. The maximum Gasteiger partial charge on any atom is 0.0556 e. The highest BCUT2D eigenvalue weighted by Crippen LogP contribution is 2.28. The van der Waals surface area contributed by atoms with Crippen LogP contribution in [0.25, 0.3) is 0 Å². The molecular formula is C12H19N3S. The zero-order valence-electron chi connectivity index (χ0n) is 9.89. The van der Waals surface area contributed by atoms with Crippen molar-refractivity contribution in [3.63, 3.8) is 0 Å². The van der Waals surface area contributed by atoms with Crippen LogP contribution >= 0.6 is 11.8 Å². The fourth-order valence-corrected chi connectivity index (χ4v) is 3.10. The molecule has 0 radical (unpaired) electrons. The monoisotopic (exact) mass is 237 g/mol. The summed E-state index contributed by atoms with van der Waals surface area (Å²) in [5.74, 6) is 1.20. The third-order valence-electron chi connectivity index (χ3n) is 3.23. The first-order valence-corrected chi connectivity index (χ1v) is 6.80. The number of nitrogens with zero attached hydrogens (tertiary/aromatic N) is 2. The third kappa shape index (κ3) is 2.33. The second-order valence-corrected chi connectivity index (χ2v) is 5.71. The number of nitrogens with two attached hydrogens (primary N) is 1. The van der Waals surface area contributed by atoms with Gasteiger partial charge >= 0.3 is 0 Å². The van der Waals surface area contributed by atoms with Crippen molar-refractivity contribution in [2.24, 2.45) is 5.73 Å². The van der Waals surface area contributed by atoms with E-state index in [4.69, 9.17) is 5.73 Å². The van der Waals surface area contributed by atoms with Crippen LogP contribution < -0.4 is 10.6 Å². The lowest BCUT2D eigenvalue weighted by Crippen LogP contribution is -2.44. The molecule has 1 aliphatic heterocycles. The molecule has 88 valence electrons. The summed E-state index contributed by atoms with van der Waals surface area (Å²) in [6.07, 6.45) is 1.95. The minimum absolute atomic E-state index is 0.516. The minimum atomic E-state index is 0.516. The molecule has 1 aromatic heterocycles. The third-order valence-corrected chi connectivity index (χ3v) is 4.57. The Labute approximate surface area is 101 Å². The van der Waals surface area contributed by atoms with Crippen LogP contribution in [-0.2, 0) is 6.54 Å². The van der Waals surface area contributed by atoms with Gasteiger partial charge in [0, 0.05) is 30.1 Å². The van der Waals surface area contributed by atoms with Crippen molar-refractivity contribution in [2.45, 2.75) is 31.7 Å². The highest BCUT2D eigenvalue weighted by atomic mass is 32.2. The van der Waals surface area contributed by atoms with Gasteiger partial charge in [-0.2, -0.15) is 11.8 Å². The molecule has 3 nitrogen and oxygen atoms in total. The molecule has 2 rings (SSSR count). The zero-order valence-corrected chi connectivity index (χ0v) is 10.7. The molecule has 0 aliphatic carbocycles. The summed E-state index contributed by atoms with van der Waals surface area (Å²) in [4.78, 5) is 6.80. The second kappa shape index (κ2) is 5.06. The smallest absolute Gasteiger partial charge is 0.0556 e. The van der Waals surface area contributed by atoms with Gasteiger partial charge in [-0.05, 0) is 19.1 Å². The van der Waals surface area contributed by atoms with Gasteiger partial charge in [0.1, 0.15) is 0 Å². The van der Waals surface area contributed by atoms with Crippen molar-refractivity contribution in [2.75, 3.05) is 17.2 Å². The largest absolute Gasteiger partial charge is 0.366 e. The van der Waals surface area contributed by atoms with Crippen LogP contribution in [-0.4, -0.2) is 28.6 Å². The average molecular weight is 237 g/mol. The van der Waals surface area contributed by atoms with Crippen LogP contribution in [0.3, 0.4) is 0 Å². The molecule has 0 bridgehead atoms. The summed E-state index contributed by atoms with van der Waals surface area (Å²) < 4.78 is 0. The molecule has 4 heteroatoms. The normalized spacial score (nSPS) is 25.8. The fourth-order valence-electron chi connectivity index (χ4n) is 2.00. The lowest BCUT2D eigenvalue weighted by Gasteiger charge is -2.39. The molecule has 2 unspecified atom stereocenters. The van der Waals surface area contributed by atoms with Gasteiger partial charge in [-0.1, -0.05) is 6.92 Å². The van der Waals surface area contributed by atoms with Crippen LogP contribution in [0.1, 0.15) is 19.5 Å². The number of anilines is 1.